The van der Waals surface area contributed by atoms with Gasteiger partial charge >= 0.3 is 0 Å². The predicted molar refractivity (Wildman–Crippen MR) is 82.8 cm³/mol. The summed E-state index contributed by atoms with van der Waals surface area (Å²) in [5.41, 5.74) is 1.17. The summed E-state index contributed by atoms with van der Waals surface area (Å²) in [5, 5.41) is 5.01. The topological polar surface area (TPSA) is 50.5 Å². The first kappa shape index (κ1) is 13.3. The van der Waals surface area contributed by atoms with E-state index in [1.165, 1.54) is 21.5 Å². The minimum absolute atomic E-state index is 0.0370. The van der Waals surface area contributed by atoms with Gasteiger partial charge in [0.25, 0.3) is 5.56 Å². The molecule has 2 aromatic heterocycles. The van der Waals surface area contributed by atoms with E-state index in [2.05, 4.69) is 10.1 Å². The number of fused-ring (bicyclic) bond motifs is 3. The number of aryl methyl sites for hydroxylation is 3. The molecular weight excluding hydrogens is 272 g/mol. The summed E-state index contributed by atoms with van der Waals surface area (Å²) in [6, 6.07) is 0. The van der Waals surface area contributed by atoms with Gasteiger partial charge in [-0.05, 0) is 38.2 Å². The molecule has 0 bridgehead atoms. The van der Waals surface area contributed by atoms with Crippen molar-refractivity contribution in [2.45, 2.75) is 32.6 Å². The average Bonchev–Trinajstić information content (AvgIpc) is 2.75. The standard InChI is InChI=1S/C14H18N4OS/c1-9-16-13-12(10-6-4-5-7-11(10)20-13)14(19)18(9)15-8-17(2)3/h8H,4-7H2,1-3H3. The van der Waals surface area contributed by atoms with Crippen LogP contribution in [0.15, 0.2) is 9.90 Å². The van der Waals surface area contributed by atoms with Crippen LogP contribution < -0.4 is 5.56 Å². The summed E-state index contributed by atoms with van der Waals surface area (Å²) < 4.78 is 1.41. The van der Waals surface area contributed by atoms with Crippen LogP contribution in [-0.2, 0) is 12.8 Å². The van der Waals surface area contributed by atoms with Crippen LogP contribution in [0.5, 0.6) is 0 Å². The van der Waals surface area contributed by atoms with Gasteiger partial charge in [0.05, 0.1) is 5.39 Å². The Morgan fingerprint density at radius 2 is 2.10 bits per heavy atom. The molecule has 0 fully saturated rings. The molecule has 20 heavy (non-hydrogen) atoms. The van der Waals surface area contributed by atoms with E-state index in [1.54, 1.807) is 22.6 Å². The SMILES string of the molecule is Cc1nc2sc3c(c2c(=O)n1N=CN(C)C)CCCC3. The van der Waals surface area contributed by atoms with Gasteiger partial charge in [0.15, 0.2) is 0 Å². The van der Waals surface area contributed by atoms with Crippen molar-refractivity contribution in [1.82, 2.24) is 14.6 Å². The van der Waals surface area contributed by atoms with Crippen molar-refractivity contribution in [1.29, 1.82) is 0 Å². The average molecular weight is 290 g/mol. The van der Waals surface area contributed by atoms with Gasteiger partial charge in [-0.1, -0.05) is 0 Å². The minimum Gasteiger partial charge on any atom is -0.367 e. The molecule has 0 N–H and O–H groups in total. The first-order chi connectivity index (χ1) is 9.58. The van der Waals surface area contributed by atoms with Gasteiger partial charge in [-0.2, -0.15) is 9.78 Å². The van der Waals surface area contributed by atoms with E-state index >= 15 is 0 Å². The van der Waals surface area contributed by atoms with Crippen LogP contribution in [0.1, 0.15) is 29.1 Å². The van der Waals surface area contributed by atoms with Crippen molar-refractivity contribution >= 4 is 27.9 Å². The molecule has 0 atom stereocenters. The van der Waals surface area contributed by atoms with E-state index in [1.807, 2.05) is 21.0 Å². The predicted octanol–water partition coefficient (Wildman–Crippen LogP) is 2.00. The molecule has 0 unspecified atom stereocenters. The maximum absolute atomic E-state index is 12.7. The number of thiophene rings is 1. The van der Waals surface area contributed by atoms with E-state index in [-0.39, 0.29) is 5.56 Å². The summed E-state index contributed by atoms with van der Waals surface area (Å²) >= 11 is 1.67. The second kappa shape index (κ2) is 5.01. The molecular formula is C14H18N4OS. The van der Waals surface area contributed by atoms with Gasteiger partial charge in [-0.15, -0.1) is 11.3 Å². The fourth-order valence-corrected chi connectivity index (χ4v) is 3.89. The van der Waals surface area contributed by atoms with E-state index < -0.39 is 0 Å². The van der Waals surface area contributed by atoms with E-state index in [0.717, 1.165) is 29.5 Å². The van der Waals surface area contributed by atoms with E-state index in [9.17, 15) is 4.79 Å². The third-order valence-corrected chi connectivity index (χ3v) is 4.71. The molecule has 0 radical (unpaired) electrons. The van der Waals surface area contributed by atoms with Crippen molar-refractivity contribution in [3.8, 4) is 0 Å². The van der Waals surface area contributed by atoms with Crippen molar-refractivity contribution < 1.29 is 0 Å². The number of aromatic nitrogens is 2. The third kappa shape index (κ3) is 2.14. The molecule has 1 aliphatic carbocycles. The zero-order valence-corrected chi connectivity index (χ0v) is 12.8. The molecule has 0 aliphatic heterocycles. The van der Waals surface area contributed by atoms with Crippen LogP contribution in [-0.4, -0.2) is 35.0 Å². The molecule has 0 aromatic carbocycles. The lowest BCUT2D eigenvalue weighted by molar-refractivity contribution is 0.626. The maximum Gasteiger partial charge on any atom is 0.283 e. The Labute approximate surface area is 121 Å². The van der Waals surface area contributed by atoms with Gasteiger partial charge in [-0.3, -0.25) is 4.79 Å². The van der Waals surface area contributed by atoms with Crippen molar-refractivity contribution in [3.63, 3.8) is 0 Å². The molecule has 3 rings (SSSR count). The van der Waals surface area contributed by atoms with Crippen LogP contribution >= 0.6 is 11.3 Å². The molecule has 0 spiro atoms. The van der Waals surface area contributed by atoms with Crippen LogP contribution in [0.25, 0.3) is 10.2 Å². The van der Waals surface area contributed by atoms with Crippen LogP contribution in [0.4, 0.5) is 0 Å². The number of hydrogen-bond donors (Lipinski definition) is 0. The van der Waals surface area contributed by atoms with Crippen LogP contribution in [0, 0.1) is 6.92 Å². The van der Waals surface area contributed by atoms with E-state index in [4.69, 9.17) is 0 Å². The molecule has 106 valence electrons. The Morgan fingerprint density at radius 1 is 1.35 bits per heavy atom. The highest BCUT2D eigenvalue weighted by Crippen LogP contribution is 2.33. The zero-order valence-electron chi connectivity index (χ0n) is 12.0. The zero-order chi connectivity index (χ0) is 14.3. The van der Waals surface area contributed by atoms with Crippen molar-refractivity contribution in [2.75, 3.05) is 14.1 Å². The molecule has 0 saturated carbocycles. The molecule has 6 heteroatoms. The Morgan fingerprint density at radius 3 is 2.85 bits per heavy atom. The number of hydrogen-bond acceptors (Lipinski definition) is 4. The summed E-state index contributed by atoms with van der Waals surface area (Å²) in [5.74, 6) is 0.638. The monoisotopic (exact) mass is 290 g/mol. The minimum atomic E-state index is -0.0370. The number of nitrogens with zero attached hydrogens (tertiary/aromatic N) is 4. The highest BCUT2D eigenvalue weighted by molar-refractivity contribution is 7.18. The second-order valence-corrected chi connectivity index (χ2v) is 6.45. The van der Waals surface area contributed by atoms with Crippen LogP contribution in [0.2, 0.25) is 0 Å². The smallest absolute Gasteiger partial charge is 0.283 e. The highest BCUT2D eigenvalue weighted by atomic mass is 32.1. The fraction of sp³-hybridized carbons (Fsp3) is 0.500. The Balaban J connectivity index is 2.25. The fourth-order valence-electron chi connectivity index (χ4n) is 2.59. The maximum atomic E-state index is 12.7. The first-order valence-corrected chi connectivity index (χ1v) is 7.64. The summed E-state index contributed by atoms with van der Waals surface area (Å²) in [7, 11) is 3.75. The van der Waals surface area contributed by atoms with Gasteiger partial charge in [0.2, 0.25) is 0 Å². The Hall–Kier alpha value is -1.69. The van der Waals surface area contributed by atoms with Gasteiger partial charge < -0.3 is 4.90 Å². The summed E-state index contributed by atoms with van der Waals surface area (Å²) in [6.07, 6.45) is 6.07. The summed E-state index contributed by atoms with van der Waals surface area (Å²) in [4.78, 5) is 21.3. The lowest BCUT2D eigenvalue weighted by atomic mass is 9.97. The second-order valence-electron chi connectivity index (χ2n) is 5.36. The summed E-state index contributed by atoms with van der Waals surface area (Å²) in [6.45, 7) is 1.83. The largest absolute Gasteiger partial charge is 0.367 e. The quantitative estimate of drug-likeness (QED) is 0.628. The lowest BCUT2D eigenvalue weighted by Crippen LogP contribution is -2.22. The Bertz CT molecular complexity index is 742. The Kier molecular flexibility index (Phi) is 3.33. The molecule has 2 heterocycles. The molecule has 1 aliphatic rings. The molecule has 2 aromatic rings. The number of rotatable bonds is 2. The van der Waals surface area contributed by atoms with E-state index in [0.29, 0.717) is 5.82 Å². The van der Waals surface area contributed by atoms with Gasteiger partial charge in [0.1, 0.15) is 17.0 Å². The lowest BCUT2D eigenvalue weighted by Gasteiger charge is -2.10. The highest BCUT2D eigenvalue weighted by Gasteiger charge is 2.20. The molecule has 5 nitrogen and oxygen atoms in total. The normalized spacial score (nSPS) is 14.9. The first-order valence-electron chi connectivity index (χ1n) is 6.82. The molecule has 0 amide bonds. The van der Waals surface area contributed by atoms with Crippen molar-refractivity contribution in [3.05, 3.63) is 26.6 Å². The van der Waals surface area contributed by atoms with Gasteiger partial charge in [-0.25, -0.2) is 4.98 Å². The third-order valence-electron chi connectivity index (χ3n) is 3.53. The molecule has 0 saturated heterocycles. The van der Waals surface area contributed by atoms with Crippen LogP contribution in [0.3, 0.4) is 0 Å². The van der Waals surface area contributed by atoms with Gasteiger partial charge in [0, 0.05) is 19.0 Å². The van der Waals surface area contributed by atoms with Crippen molar-refractivity contribution in [2.24, 2.45) is 5.10 Å².